The molecule has 0 aliphatic heterocycles. The maximum absolute atomic E-state index is 5.65. The number of halogens is 1. The monoisotopic (exact) mass is 203 g/mol. The molecule has 13 heavy (non-hydrogen) atoms. The second-order valence-corrected chi connectivity index (χ2v) is 4.67. The molecular weight excluding hydrogens is 182 g/mol. The molecule has 0 heterocycles. The maximum atomic E-state index is 5.65. The van der Waals surface area contributed by atoms with Crippen LogP contribution in [0, 0.1) is 5.92 Å². The van der Waals surface area contributed by atoms with Gasteiger partial charge in [0.1, 0.15) is 0 Å². The van der Waals surface area contributed by atoms with E-state index in [1.807, 2.05) is 0 Å². The topological polar surface area (TPSA) is 12.0 Å². The van der Waals surface area contributed by atoms with Crippen LogP contribution in [0.4, 0.5) is 0 Å². The highest BCUT2D eigenvalue weighted by molar-refractivity contribution is 6.17. The lowest BCUT2D eigenvalue weighted by Crippen LogP contribution is -2.30. The van der Waals surface area contributed by atoms with Gasteiger partial charge in [0.2, 0.25) is 0 Å². The minimum atomic E-state index is 0.652. The van der Waals surface area contributed by atoms with Gasteiger partial charge < -0.3 is 5.32 Å². The summed E-state index contributed by atoms with van der Waals surface area (Å²) >= 11 is 5.65. The van der Waals surface area contributed by atoms with Crippen molar-refractivity contribution in [2.24, 2.45) is 5.92 Å². The summed E-state index contributed by atoms with van der Waals surface area (Å²) in [6.45, 7) is 3.49. The van der Waals surface area contributed by atoms with E-state index in [0.717, 1.165) is 18.2 Å². The van der Waals surface area contributed by atoms with Crippen molar-refractivity contribution < 1.29 is 0 Å². The number of hydrogen-bond donors (Lipinski definition) is 1. The summed E-state index contributed by atoms with van der Waals surface area (Å²) < 4.78 is 0. The smallest absolute Gasteiger partial charge is 0.0224 e. The van der Waals surface area contributed by atoms with Crippen molar-refractivity contribution in [1.29, 1.82) is 0 Å². The molecule has 0 spiro atoms. The summed E-state index contributed by atoms with van der Waals surface area (Å²) in [5, 5.41) is 3.60. The molecule has 0 aromatic heterocycles. The van der Waals surface area contributed by atoms with Crippen LogP contribution in [0.3, 0.4) is 0 Å². The van der Waals surface area contributed by atoms with Crippen molar-refractivity contribution in [2.45, 2.75) is 51.5 Å². The first-order valence-corrected chi connectivity index (χ1v) is 6.15. The Bertz CT molecular complexity index is 121. The fraction of sp³-hybridized carbons (Fsp3) is 1.00. The van der Waals surface area contributed by atoms with Gasteiger partial charge in [-0.1, -0.05) is 12.8 Å². The zero-order chi connectivity index (χ0) is 9.52. The Kier molecular flexibility index (Phi) is 5.81. The van der Waals surface area contributed by atoms with Gasteiger partial charge in [-0.3, -0.25) is 0 Å². The van der Waals surface area contributed by atoms with Crippen LogP contribution in [-0.4, -0.2) is 18.5 Å². The highest BCUT2D eigenvalue weighted by Gasteiger charge is 2.14. The molecule has 1 rings (SSSR count). The highest BCUT2D eigenvalue weighted by atomic mass is 35.5. The average molecular weight is 204 g/mol. The van der Waals surface area contributed by atoms with E-state index in [2.05, 4.69) is 12.2 Å². The van der Waals surface area contributed by atoms with Gasteiger partial charge in [-0.25, -0.2) is 0 Å². The molecule has 78 valence electrons. The Morgan fingerprint density at radius 2 is 2.08 bits per heavy atom. The Hall–Kier alpha value is 0.250. The van der Waals surface area contributed by atoms with E-state index < -0.39 is 0 Å². The van der Waals surface area contributed by atoms with Gasteiger partial charge in [0, 0.05) is 11.9 Å². The van der Waals surface area contributed by atoms with Crippen molar-refractivity contribution >= 4 is 11.6 Å². The van der Waals surface area contributed by atoms with Crippen LogP contribution in [0.1, 0.15) is 45.4 Å². The van der Waals surface area contributed by atoms with Crippen molar-refractivity contribution in [3.8, 4) is 0 Å². The molecule has 1 aliphatic rings. The second kappa shape index (κ2) is 6.67. The third-order valence-electron chi connectivity index (χ3n) is 3.00. The largest absolute Gasteiger partial charge is 0.314 e. The van der Waals surface area contributed by atoms with Crippen LogP contribution in [-0.2, 0) is 0 Å². The maximum Gasteiger partial charge on any atom is 0.0224 e. The first-order chi connectivity index (χ1) is 6.33. The first-order valence-electron chi connectivity index (χ1n) is 5.62. The van der Waals surface area contributed by atoms with Gasteiger partial charge in [0.25, 0.3) is 0 Å². The molecule has 1 aliphatic carbocycles. The van der Waals surface area contributed by atoms with E-state index >= 15 is 0 Å². The Morgan fingerprint density at radius 3 is 2.69 bits per heavy atom. The molecule has 0 aromatic rings. The highest BCUT2D eigenvalue weighted by Crippen LogP contribution is 2.23. The molecule has 1 saturated carbocycles. The zero-order valence-electron chi connectivity index (χ0n) is 8.69. The van der Waals surface area contributed by atoms with Gasteiger partial charge in [0.05, 0.1) is 0 Å². The van der Waals surface area contributed by atoms with Gasteiger partial charge in [0.15, 0.2) is 0 Å². The molecule has 1 nitrogen and oxygen atoms in total. The molecule has 0 bridgehead atoms. The van der Waals surface area contributed by atoms with Crippen molar-refractivity contribution in [1.82, 2.24) is 5.32 Å². The standard InChI is InChI=1S/C11H22ClN/c1-10(5-4-8-12)13-9-11-6-2-3-7-11/h10-11,13H,2-9H2,1H3. The Labute approximate surface area is 87.2 Å². The lowest BCUT2D eigenvalue weighted by Gasteiger charge is -2.16. The van der Waals surface area contributed by atoms with Crippen LogP contribution < -0.4 is 5.32 Å². The van der Waals surface area contributed by atoms with Crippen LogP contribution in [0.2, 0.25) is 0 Å². The summed E-state index contributed by atoms with van der Waals surface area (Å²) in [6, 6.07) is 0.652. The number of rotatable bonds is 6. The van der Waals surface area contributed by atoms with E-state index in [-0.39, 0.29) is 0 Å². The SMILES string of the molecule is CC(CCCCl)NCC1CCCC1. The van der Waals surface area contributed by atoms with E-state index in [4.69, 9.17) is 11.6 Å². The molecule has 1 atom stereocenters. The Morgan fingerprint density at radius 1 is 1.38 bits per heavy atom. The fourth-order valence-corrected chi connectivity index (χ4v) is 2.22. The number of hydrogen-bond acceptors (Lipinski definition) is 1. The summed E-state index contributed by atoms with van der Waals surface area (Å²) in [5.74, 6) is 1.76. The normalized spacial score (nSPS) is 20.8. The third kappa shape index (κ3) is 4.87. The van der Waals surface area contributed by atoms with Crippen LogP contribution in [0.5, 0.6) is 0 Å². The second-order valence-electron chi connectivity index (χ2n) is 4.29. The molecule has 1 unspecified atom stereocenters. The summed E-state index contributed by atoms with van der Waals surface area (Å²) in [4.78, 5) is 0. The average Bonchev–Trinajstić information content (AvgIpc) is 2.64. The Balaban J connectivity index is 1.97. The molecule has 1 N–H and O–H groups in total. The lowest BCUT2D eigenvalue weighted by atomic mass is 10.1. The van der Waals surface area contributed by atoms with E-state index in [1.54, 1.807) is 0 Å². The molecule has 1 fully saturated rings. The fourth-order valence-electron chi connectivity index (χ4n) is 2.07. The van der Waals surface area contributed by atoms with E-state index in [1.165, 1.54) is 38.6 Å². The zero-order valence-corrected chi connectivity index (χ0v) is 9.45. The third-order valence-corrected chi connectivity index (χ3v) is 3.27. The lowest BCUT2D eigenvalue weighted by molar-refractivity contribution is 0.430. The molecular formula is C11H22ClN. The minimum Gasteiger partial charge on any atom is -0.314 e. The summed E-state index contributed by atoms with van der Waals surface area (Å²) in [7, 11) is 0. The number of alkyl halides is 1. The van der Waals surface area contributed by atoms with Gasteiger partial charge in [-0.15, -0.1) is 11.6 Å². The van der Waals surface area contributed by atoms with Gasteiger partial charge in [-0.05, 0) is 45.1 Å². The van der Waals surface area contributed by atoms with Crippen LogP contribution >= 0.6 is 11.6 Å². The van der Waals surface area contributed by atoms with Crippen LogP contribution in [0.15, 0.2) is 0 Å². The van der Waals surface area contributed by atoms with Crippen molar-refractivity contribution in [3.05, 3.63) is 0 Å². The summed E-state index contributed by atoms with van der Waals surface area (Å²) in [6.07, 6.45) is 8.13. The predicted octanol–water partition coefficient (Wildman–Crippen LogP) is 3.17. The van der Waals surface area contributed by atoms with E-state index in [9.17, 15) is 0 Å². The predicted molar refractivity (Wildman–Crippen MR) is 59.4 cm³/mol. The van der Waals surface area contributed by atoms with Gasteiger partial charge in [-0.2, -0.15) is 0 Å². The summed E-state index contributed by atoms with van der Waals surface area (Å²) in [5.41, 5.74) is 0. The molecule has 0 saturated heterocycles. The minimum absolute atomic E-state index is 0.652. The number of nitrogens with one attached hydrogen (secondary N) is 1. The first kappa shape index (κ1) is 11.3. The molecule has 2 heteroatoms. The van der Waals surface area contributed by atoms with Gasteiger partial charge >= 0.3 is 0 Å². The molecule has 0 amide bonds. The van der Waals surface area contributed by atoms with Crippen LogP contribution in [0.25, 0.3) is 0 Å². The molecule has 0 aromatic carbocycles. The van der Waals surface area contributed by atoms with E-state index in [0.29, 0.717) is 6.04 Å². The quantitative estimate of drug-likeness (QED) is 0.654. The van der Waals surface area contributed by atoms with Crippen molar-refractivity contribution in [2.75, 3.05) is 12.4 Å². The molecule has 0 radical (unpaired) electrons. The van der Waals surface area contributed by atoms with Crippen molar-refractivity contribution in [3.63, 3.8) is 0 Å².